The molecule has 0 saturated carbocycles. The van der Waals surface area contributed by atoms with Gasteiger partial charge >= 0.3 is 0 Å². The highest BCUT2D eigenvalue weighted by molar-refractivity contribution is 5.01. The SMILES string of the molecule is [2H]C([2H])([2H])C1(C([2H])([2H])[2H])O[C@@H]2O[C@@H](COCCOCCOC[C@@H]3O[C@H]4OC(C([2H])([2H])[2H])(C([2H])([2H])[2H])O[C@H]4[C@@H]4OC(C([2H])([2H])[2H])(C([2H])([2H])[2H])O[C@@H]43)[C@H]3OC(C([2H])([2H])[2H])(C([2H])([2H])[2H])O[C@H]3[C@@H]2O1. The Labute approximate surface area is 275 Å². The van der Waals surface area contributed by atoms with Crippen molar-refractivity contribution in [3.05, 3.63) is 0 Å². The number of rotatable bonds is 10. The first-order valence-electron chi connectivity index (χ1n) is 24.7. The molecule has 0 N–H and O–H groups in total. The fraction of sp³-hybridized carbons (Fsp3) is 1.00. The molecule has 236 valence electrons. The molecular formula is C28H46O13. The van der Waals surface area contributed by atoms with Gasteiger partial charge in [-0.3, -0.25) is 0 Å². The van der Waals surface area contributed by atoms with Crippen LogP contribution in [0.4, 0.5) is 0 Å². The van der Waals surface area contributed by atoms with Gasteiger partial charge in [-0.1, -0.05) is 0 Å². The van der Waals surface area contributed by atoms with Crippen LogP contribution in [0.2, 0.25) is 0 Å². The van der Waals surface area contributed by atoms with Crippen molar-refractivity contribution in [2.24, 2.45) is 0 Å². The molecule has 6 saturated heterocycles. The lowest BCUT2D eigenvalue weighted by Gasteiger charge is -2.37. The van der Waals surface area contributed by atoms with Crippen molar-refractivity contribution in [1.29, 1.82) is 0 Å². The quantitative estimate of drug-likeness (QED) is 0.333. The molecule has 13 heteroatoms. The maximum atomic E-state index is 7.97. The molecule has 13 nitrogen and oxygen atoms in total. The van der Waals surface area contributed by atoms with E-state index in [1.807, 2.05) is 0 Å². The van der Waals surface area contributed by atoms with Gasteiger partial charge in [-0.05, 0) is 54.8 Å². The molecule has 0 radical (unpaired) electrons. The lowest BCUT2D eigenvalue weighted by Crippen LogP contribution is -2.56. The second kappa shape index (κ2) is 11.1. The van der Waals surface area contributed by atoms with Crippen LogP contribution < -0.4 is 0 Å². The van der Waals surface area contributed by atoms with Gasteiger partial charge in [0, 0.05) is 32.9 Å². The van der Waals surface area contributed by atoms with Crippen molar-refractivity contribution in [1.82, 2.24) is 0 Å². The van der Waals surface area contributed by atoms with Gasteiger partial charge in [0.15, 0.2) is 35.7 Å². The van der Waals surface area contributed by atoms with Crippen LogP contribution in [0.25, 0.3) is 0 Å². The lowest BCUT2D eigenvalue weighted by atomic mass is 9.99. The van der Waals surface area contributed by atoms with Gasteiger partial charge in [0.2, 0.25) is 0 Å². The first-order valence-corrected chi connectivity index (χ1v) is 12.7. The normalized spacial score (nSPS) is 55.9. The molecule has 0 aromatic heterocycles. The van der Waals surface area contributed by atoms with Crippen molar-refractivity contribution in [2.45, 2.75) is 139 Å². The van der Waals surface area contributed by atoms with Gasteiger partial charge in [0.1, 0.15) is 48.8 Å². The Morgan fingerprint density at radius 2 is 0.780 bits per heavy atom. The predicted molar refractivity (Wildman–Crippen MR) is 138 cm³/mol. The zero-order valence-electron chi connectivity index (χ0n) is 45.3. The molecule has 6 fully saturated rings. The summed E-state index contributed by atoms with van der Waals surface area (Å²) < 4.78 is 263. The van der Waals surface area contributed by atoms with E-state index in [9.17, 15) is 0 Å². The van der Waals surface area contributed by atoms with Gasteiger partial charge < -0.3 is 61.6 Å². The second-order valence-corrected chi connectivity index (χ2v) is 10.0. The highest BCUT2D eigenvalue weighted by Gasteiger charge is 2.62. The van der Waals surface area contributed by atoms with Crippen LogP contribution >= 0.6 is 0 Å². The third-order valence-electron chi connectivity index (χ3n) is 6.87. The largest absolute Gasteiger partial charge is 0.377 e. The molecular weight excluding hydrogens is 544 g/mol. The average molecular weight is 615 g/mol. The highest BCUT2D eigenvalue weighted by atomic mass is 16.9. The average Bonchev–Trinajstić information content (AvgIpc) is 3.89. The van der Waals surface area contributed by atoms with Gasteiger partial charge in [-0.2, -0.15) is 0 Å². The molecule has 0 aromatic rings. The summed E-state index contributed by atoms with van der Waals surface area (Å²) in [6.07, 6.45) is -17.0. The molecule has 0 aromatic carbocycles. The summed E-state index contributed by atoms with van der Waals surface area (Å²) in [5.41, 5.74) is 0. The van der Waals surface area contributed by atoms with Crippen LogP contribution in [0.15, 0.2) is 0 Å². The maximum absolute atomic E-state index is 7.97. The van der Waals surface area contributed by atoms with Crippen LogP contribution in [-0.4, -0.2) is 124 Å². The van der Waals surface area contributed by atoms with E-state index in [-0.39, 0.29) is 26.4 Å². The van der Waals surface area contributed by atoms with E-state index in [0.29, 0.717) is 0 Å². The minimum atomic E-state index is -3.48. The maximum Gasteiger partial charge on any atom is 0.190 e. The standard InChI is InChI=1S/C28H46O13/c1-25(2)34-17-15(32-23-21(19(17)36-25)38-27(5,6)40-23)13-30-11-9-29-10-12-31-14-16-18-20(37-26(3,4)35-18)22-24(33-16)41-28(7,8)39-22/h15-24H,9-14H2,1-8H3/t15-,16-,17+,18+,19+,20+,21-,22-,23-,24-/m0/s1/i1D3,2D3,3D3,4D3,5D3,6D3,7D3,8D3. The van der Waals surface area contributed by atoms with Gasteiger partial charge in [0.25, 0.3) is 0 Å². The number of fused-ring (bicyclic) bond motifs is 6. The van der Waals surface area contributed by atoms with E-state index in [1.165, 1.54) is 0 Å². The molecule has 0 aliphatic carbocycles. The summed E-state index contributed by atoms with van der Waals surface area (Å²) >= 11 is 0. The lowest BCUT2D eigenvalue weighted by molar-refractivity contribution is -0.244. The van der Waals surface area contributed by atoms with Gasteiger partial charge in [-0.15, -0.1) is 0 Å². The van der Waals surface area contributed by atoms with Crippen LogP contribution in [0.5, 0.6) is 0 Å². The van der Waals surface area contributed by atoms with Gasteiger partial charge in [-0.25, -0.2) is 0 Å². The second-order valence-electron chi connectivity index (χ2n) is 10.0. The molecule has 6 rings (SSSR count). The summed E-state index contributed by atoms with van der Waals surface area (Å²) in [5, 5.41) is 0. The number of hydrogen-bond donors (Lipinski definition) is 0. The fourth-order valence-electron chi connectivity index (χ4n) is 5.34. The number of ether oxygens (including phenoxy) is 13. The minimum Gasteiger partial charge on any atom is -0.377 e. The Bertz CT molecular complexity index is 1510. The first kappa shape index (κ1) is 13.1. The van der Waals surface area contributed by atoms with Crippen LogP contribution in [0, 0.1) is 0 Å². The monoisotopic (exact) mass is 614 g/mol. The van der Waals surface area contributed by atoms with E-state index < -0.39 is 153 Å². The Kier molecular flexibility index (Phi) is 3.55. The highest BCUT2D eigenvalue weighted by Crippen LogP contribution is 2.45. The third kappa shape index (κ3) is 6.63. The van der Waals surface area contributed by atoms with Crippen molar-refractivity contribution < 1.29 is 94.5 Å². The third-order valence-corrected chi connectivity index (χ3v) is 6.87. The fourth-order valence-corrected chi connectivity index (χ4v) is 5.34. The zero-order chi connectivity index (χ0) is 49.2. The molecule has 41 heavy (non-hydrogen) atoms. The first-order chi connectivity index (χ1) is 29.2. The van der Waals surface area contributed by atoms with Crippen molar-refractivity contribution >= 4 is 0 Å². The van der Waals surface area contributed by atoms with Crippen LogP contribution in [0.1, 0.15) is 87.7 Å². The van der Waals surface area contributed by atoms with E-state index in [1.54, 1.807) is 0 Å². The Hall–Kier alpha value is -0.520. The molecule has 0 bridgehead atoms. The van der Waals surface area contributed by atoms with Crippen molar-refractivity contribution in [3.63, 3.8) is 0 Å². The molecule has 0 amide bonds. The summed E-state index contributed by atoms with van der Waals surface area (Å²) in [4.78, 5) is 0. The molecule has 0 unspecified atom stereocenters. The van der Waals surface area contributed by atoms with E-state index in [4.69, 9.17) is 94.5 Å². The minimum absolute atomic E-state index is 0.189. The zero-order valence-corrected chi connectivity index (χ0v) is 21.3. The summed E-state index contributed by atoms with van der Waals surface area (Å²) in [7, 11) is 0. The Morgan fingerprint density at radius 1 is 0.439 bits per heavy atom. The van der Waals surface area contributed by atoms with E-state index in [2.05, 4.69) is 0 Å². The summed E-state index contributed by atoms with van der Waals surface area (Å²) in [6, 6.07) is 0. The molecule has 6 heterocycles. The molecule has 6 aliphatic rings. The van der Waals surface area contributed by atoms with Gasteiger partial charge in [0.05, 0.1) is 39.6 Å². The number of hydrogen-bond acceptors (Lipinski definition) is 13. The van der Waals surface area contributed by atoms with Crippen molar-refractivity contribution in [2.75, 3.05) is 39.6 Å². The topological polar surface area (TPSA) is 120 Å². The van der Waals surface area contributed by atoms with Crippen LogP contribution in [-0.2, 0) is 61.6 Å². The molecule has 6 aliphatic heterocycles. The smallest absolute Gasteiger partial charge is 0.190 e. The Morgan fingerprint density at radius 3 is 1.20 bits per heavy atom. The van der Waals surface area contributed by atoms with Crippen molar-refractivity contribution in [3.8, 4) is 0 Å². The Balaban J connectivity index is 1.07. The summed E-state index contributed by atoms with van der Waals surface area (Å²) in [5.74, 6) is -13.2. The molecule has 10 atom stereocenters. The summed E-state index contributed by atoms with van der Waals surface area (Å²) in [6.45, 7) is -29.7. The van der Waals surface area contributed by atoms with Crippen LogP contribution in [0.3, 0.4) is 0 Å². The van der Waals surface area contributed by atoms with E-state index >= 15 is 0 Å². The predicted octanol–water partition coefficient (Wildman–Crippen LogP) is 1.83. The van der Waals surface area contributed by atoms with E-state index in [0.717, 1.165) is 0 Å². The molecule has 0 spiro atoms.